The fraction of sp³-hybridized carbons (Fsp3) is 0.714. The summed E-state index contributed by atoms with van der Waals surface area (Å²) in [5.41, 5.74) is 1.16. The molecular weight excluding hydrogens is 242 g/mol. The van der Waals surface area contributed by atoms with Crippen molar-refractivity contribution in [3.05, 3.63) is 17.6 Å². The number of aryl methyl sites for hydroxylation is 1. The highest BCUT2D eigenvalue weighted by atomic mass is 32.2. The molecular formula is C14H23N3S. The summed E-state index contributed by atoms with van der Waals surface area (Å²) >= 11 is 2.02. The quantitative estimate of drug-likeness (QED) is 0.878. The van der Waals surface area contributed by atoms with Gasteiger partial charge in [0.15, 0.2) is 0 Å². The molecule has 4 heteroatoms. The van der Waals surface area contributed by atoms with Gasteiger partial charge in [-0.25, -0.2) is 9.97 Å². The van der Waals surface area contributed by atoms with E-state index in [1.807, 2.05) is 11.8 Å². The fourth-order valence-corrected chi connectivity index (χ4v) is 3.37. The maximum atomic E-state index is 4.71. The molecule has 100 valence electrons. The number of nitrogens with zero attached hydrogens (tertiary/aromatic N) is 2. The largest absolute Gasteiger partial charge is 0.370 e. The van der Waals surface area contributed by atoms with Gasteiger partial charge in [0.25, 0.3) is 0 Å². The summed E-state index contributed by atoms with van der Waals surface area (Å²) in [5.74, 6) is 3.30. The summed E-state index contributed by atoms with van der Waals surface area (Å²) in [5, 5.41) is 3.90. The molecule has 1 N–H and O–H groups in total. The van der Waals surface area contributed by atoms with Crippen LogP contribution in [0.4, 0.5) is 5.82 Å². The molecule has 0 aromatic carbocycles. The second-order valence-corrected chi connectivity index (χ2v) is 6.05. The third-order valence-corrected chi connectivity index (χ3v) is 4.56. The van der Waals surface area contributed by atoms with Crippen LogP contribution in [0.25, 0.3) is 0 Å². The van der Waals surface area contributed by atoms with Gasteiger partial charge in [0.1, 0.15) is 11.6 Å². The minimum absolute atomic E-state index is 0.507. The molecule has 18 heavy (non-hydrogen) atoms. The number of hydrogen-bond donors (Lipinski definition) is 1. The molecule has 1 aromatic heterocycles. The van der Waals surface area contributed by atoms with Gasteiger partial charge < -0.3 is 5.32 Å². The Morgan fingerprint density at radius 3 is 2.89 bits per heavy atom. The molecule has 0 spiro atoms. The van der Waals surface area contributed by atoms with Crippen LogP contribution in [0.3, 0.4) is 0 Å². The van der Waals surface area contributed by atoms with Crippen molar-refractivity contribution in [2.24, 2.45) is 0 Å². The van der Waals surface area contributed by atoms with Crippen LogP contribution in [0.15, 0.2) is 6.07 Å². The van der Waals surface area contributed by atoms with Gasteiger partial charge in [0.05, 0.1) is 5.25 Å². The van der Waals surface area contributed by atoms with E-state index in [4.69, 9.17) is 9.97 Å². The molecule has 1 fully saturated rings. The average molecular weight is 265 g/mol. The van der Waals surface area contributed by atoms with Crippen LogP contribution < -0.4 is 5.32 Å². The molecule has 2 heterocycles. The van der Waals surface area contributed by atoms with Crippen LogP contribution in [0.5, 0.6) is 0 Å². The highest BCUT2D eigenvalue weighted by Crippen LogP contribution is 2.36. The molecule has 1 aromatic rings. The topological polar surface area (TPSA) is 37.8 Å². The zero-order valence-corrected chi connectivity index (χ0v) is 12.2. The van der Waals surface area contributed by atoms with Crippen LogP contribution in [-0.2, 0) is 6.42 Å². The number of rotatable bonds is 5. The highest BCUT2D eigenvalue weighted by Gasteiger charge is 2.19. The van der Waals surface area contributed by atoms with E-state index in [0.29, 0.717) is 5.25 Å². The summed E-state index contributed by atoms with van der Waals surface area (Å²) in [6, 6.07) is 2.09. The van der Waals surface area contributed by atoms with Crippen molar-refractivity contribution >= 4 is 17.6 Å². The number of hydrogen-bond acceptors (Lipinski definition) is 4. The third-order valence-electron chi connectivity index (χ3n) is 3.18. The second-order valence-electron chi connectivity index (χ2n) is 4.74. The van der Waals surface area contributed by atoms with Gasteiger partial charge in [0.2, 0.25) is 0 Å². The first-order valence-corrected chi connectivity index (χ1v) is 8.11. The monoisotopic (exact) mass is 265 g/mol. The summed E-state index contributed by atoms with van der Waals surface area (Å²) in [6.45, 7) is 5.31. The van der Waals surface area contributed by atoms with E-state index in [9.17, 15) is 0 Å². The lowest BCUT2D eigenvalue weighted by Crippen LogP contribution is -2.11. The predicted molar refractivity (Wildman–Crippen MR) is 79.2 cm³/mol. The lowest BCUT2D eigenvalue weighted by molar-refractivity contribution is 0.659. The van der Waals surface area contributed by atoms with Crippen molar-refractivity contribution in [1.82, 2.24) is 9.97 Å². The minimum Gasteiger partial charge on any atom is -0.370 e. The van der Waals surface area contributed by atoms with E-state index in [2.05, 4.69) is 25.2 Å². The van der Waals surface area contributed by atoms with Gasteiger partial charge in [-0.3, -0.25) is 0 Å². The Morgan fingerprint density at radius 1 is 1.33 bits per heavy atom. The molecule has 1 saturated heterocycles. The molecule has 0 radical (unpaired) electrons. The maximum absolute atomic E-state index is 4.71. The van der Waals surface area contributed by atoms with Gasteiger partial charge >= 0.3 is 0 Å². The van der Waals surface area contributed by atoms with Crippen molar-refractivity contribution < 1.29 is 0 Å². The van der Waals surface area contributed by atoms with E-state index in [0.717, 1.165) is 36.7 Å². The normalized spacial score (nSPS) is 19.8. The molecule has 0 amide bonds. The first-order valence-electron chi connectivity index (χ1n) is 7.06. The third kappa shape index (κ3) is 3.61. The Kier molecular flexibility index (Phi) is 5.29. The molecule has 0 saturated carbocycles. The van der Waals surface area contributed by atoms with Crippen molar-refractivity contribution in [2.45, 2.75) is 51.2 Å². The van der Waals surface area contributed by atoms with E-state index in [1.165, 1.54) is 25.0 Å². The van der Waals surface area contributed by atoms with Crippen molar-refractivity contribution in [3.8, 4) is 0 Å². The maximum Gasteiger partial charge on any atom is 0.143 e. The Hall–Kier alpha value is -0.770. The zero-order chi connectivity index (χ0) is 12.8. The Balaban J connectivity index is 2.16. The minimum atomic E-state index is 0.507. The lowest BCUT2D eigenvalue weighted by atomic mass is 10.1. The second kappa shape index (κ2) is 6.98. The molecule has 1 atom stereocenters. The molecule has 2 rings (SSSR count). The smallest absolute Gasteiger partial charge is 0.143 e. The first kappa shape index (κ1) is 13.7. The SMILES string of the molecule is CCCNc1cc(CC)nc(C2CCCCS2)n1. The van der Waals surface area contributed by atoms with Crippen LogP contribution in [0.1, 0.15) is 56.3 Å². The number of nitrogens with one attached hydrogen (secondary N) is 1. The Morgan fingerprint density at radius 2 is 2.22 bits per heavy atom. The van der Waals surface area contributed by atoms with E-state index in [1.54, 1.807) is 0 Å². The lowest BCUT2D eigenvalue weighted by Gasteiger charge is -2.21. The summed E-state index contributed by atoms with van der Waals surface area (Å²) in [7, 11) is 0. The molecule has 0 bridgehead atoms. The summed E-state index contributed by atoms with van der Waals surface area (Å²) < 4.78 is 0. The van der Waals surface area contributed by atoms with Crippen molar-refractivity contribution in [2.75, 3.05) is 17.6 Å². The summed E-state index contributed by atoms with van der Waals surface area (Å²) in [4.78, 5) is 9.41. The fourth-order valence-electron chi connectivity index (χ4n) is 2.13. The van der Waals surface area contributed by atoms with Crippen LogP contribution in [-0.4, -0.2) is 22.3 Å². The Bertz CT molecular complexity index is 375. The zero-order valence-electron chi connectivity index (χ0n) is 11.4. The Labute approximate surface area is 114 Å². The predicted octanol–water partition coefficient (Wildman–Crippen LogP) is 3.82. The van der Waals surface area contributed by atoms with Crippen LogP contribution >= 0.6 is 11.8 Å². The van der Waals surface area contributed by atoms with Gasteiger partial charge in [-0.05, 0) is 31.4 Å². The highest BCUT2D eigenvalue weighted by molar-refractivity contribution is 7.99. The molecule has 3 nitrogen and oxygen atoms in total. The number of thioether (sulfide) groups is 1. The number of aromatic nitrogens is 2. The molecule has 1 unspecified atom stereocenters. The van der Waals surface area contributed by atoms with E-state index < -0.39 is 0 Å². The number of anilines is 1. The average Bonchev–Trinajstić information content (AvgIpc) is 2.45. The van der Waals surface area contributed by atoms with E-state index >= 15 is 0 Å². The van der Waals surface area contributed by atoms with Gasteiger partial charge in [-0.15, -0.1) is 0 Å². The first-order chi connectivity index (χ1) is 8.83. The standard InChI is InChI=1S/C14H23N3S/c1-3-8-15-13-10-11(4-2)16-14(17-13)12-7-5-6-9-18-12/h10,12H,3-9H2,1-2H3,(H,15,16,17). The molecule has 1 aliphatic heterocycles. The van der Waals surface area contributed by atoms with Crippen molar-refractivity contribution in [3.63, 3.8) is 0 Å². The van der Waals surface area contributed by atoms with Gasteiger partial charge in [0, 0.05) is 18.3 Å². The summed E-state index contributed by atoms with van der Waals surface area (Å²) in [6.07, 6.45) is 5.99. The van der Waals surface area contributed by atoms with Crippen molar-refractivity contribution in [1.29, 1.82) is 0 Å². The van der Waals surface area contributed by atoms with Crippen LogP contribution in [0, 0.1) is 0 Å². The van der Waals surface area contributed by atoms with Gasteiger partial charge in [-0.2, -0.15) is 11.8 Å². The van der Waals surface area contributed by atoms with Gasteiger partial charge in [-0.1, -0.05) is 20.3 Å². The molecule has 0 aliphatic carbocycles. The molecule has 1 aliphatic rings. The van der Waals surface area contributed by atoms with E-state index in [-0.39, 0.29) is 0 Å². The van der Waals surface area contributed by atoms with Crippen LogP contribution in [0.2, 0.25) is 0 Å².